The molecule has 0 aromatic carbocycles. The summed E-state index contributed by atoms with van der Waals surface area (Å²) in [5, 5.41) is 0. The molecule has 6 heteroatoms. The maximum atomic E-state index is 13.7. The van der Waals surface area contributed by atoms with Gasteiger partial charge in [0, 0.05) is 6.20 Å². The molecule has 0 spiro atoms. The van der Waals surface area contributed by atoms with Crippen LogP contribution in [0.15, 0.2) is 41.5 Å². The van der Waals surface area contributed by atoms with Gasteiger partial charge in [0.2, 0.25) is 0 Å². The minimum Gasteiger partial charge on any atom is -0.443 e. The average Bonchev–Trinajstić information content (AvgIpc) is 2.93. The van der Waals surface area contributed by atoms with Crippen molar-refractivity contribution in [3.63, 3.8) is 0 Å². The van der Waals surface area contributed by atoms with Crippen LogP contribution in [0.2, 0.25) is 0 Å². The molecule has 0 amide bonds. The SMILES string of the molecule is Cc1nccc(-c2cc(-c3cnco3)c(F)cn2)n1. The fourth-order valence-electron chi connectivity index (χ4n) is 1.72. The number of oxazole rings is 1. The lowest BCUT2D eigenvalue weighted by Crippen LogP contribution is -1.94. The first-order valence-corrected chi connectivity index (χ1v) is 5.58. The third-order valence-corrected chi connectivity index (χ3v) is 2.59. The van der Waals surface area contributed by atoms with Gasteiger partial charge in [-0.15, -0.1) is 0 Å². The van der Waals surface area contributed by atoms with E-state index in [2.05, 4.69) is 19.9 Å². The van der Waals surface area contributed by atoms with Gasteiger partial charge in [-0.1, -0.05) is 0 Å². The molecule has 19 heavy (non-hydrogen) atoms. The number of nitrogens with zero attached hydrogens (tertiary/aromatic N) is 4. The maximum absolute atomic E-state index is 13.7. The Morgan fingerprint density at radius 1 is 1.16 bits per heavy atom. The minimum absolute atomic E-state index is 0.304. The van der Waals surface area contributed by atoms with Gasteiger partial charge in [0.1, 0.15) is 5.82 Å². The van der Waals surface area contributed by atoms with Gasteiger partial charge in [0.15, 0.2) is 18.0 Å². The molecule has 0 saturated carbocycles. The Labute approximate surface area is 108 Å². The van der Waals surface area contributed by atoms with Crippen LogP contribution in [0.3, 0.4) is 0 Å². The Hall–Kier alpha value is -2.63. The Morgan fingerprint density at radius 3 is 2.79 bits per heavy atom. The summed E-state index contributed by atoms with van der Waals surface area (Å²) < 4.78 is 18.8. The average molecular weight is 256 g/mol. The van der Waals surface area contributed by atoms with Gasteiger partial charge < -0.3 is 4.42 Å². The van der Waals surface area contributed by atoms with E-state index in [4.69, 9.17) is 4.42 Å². The van der Waals surface area contributed by atoms with Gasteiger partial charge in [-0.3, -0.25) is 4.98 Å². The van der Waals surface area contributed by atoms with Crippen LogP contribution in [-0.2, 0) is 0 Å². The van der Waals surface area contributed by atoms with Crippen molar-refractivity contribution in [2.45, 2.75) is 6.92 Å². The molecule has 0 radical (unpaired) electrons. The van der Waals surface area contributed by atoms with Gasteiger partial charge in [0.25, 0.3) is 0 Å². The van der Waals surface area contributed by atoms with Crippen molar-refractivity contribution in [2.75, 3.05) is 0 Å². The Balaban J connectivity index is 2.12. The zero-order valence-corrected chi connectivity index (χ0v) is 10.0. The molecule has 94 valence electrons. The molecule has 0 fully saturated rings. The first kappa shape index (κ1) is 11.5. The molecule has 0 bridgehead atoms. The summed E-state index contributed by atoms with van der Waals surface area (Å²) in [6.07, 6.45) is 5.48. The van der Waals surface area contributed by atoms with Crippen molar-refractivity contribution in [1.82, 2.24) is 19.9 Å². The van der Waals surface area contributed by atoms with Crippen molar-refractivity contribution < 1.29 is 8.81 Å². The zero-order chi connectivity index (χ0) is 13.2. The van der Waals surface area contributed by atoms with Gasteiger partial charge in [-0.25, -0.2) is 19.3 Å². The molecule has 0 aliphatic heterocycles. The predicted molar refractivity (Wildman–Crippen MR) is 65.5 cm³/mol. The topological polar surface area (TPSA) is 64.7 Å². The Morgan fingerprint density at radius 2 is 2.05 bits per heavy atom. The molecule has 3 aromatic rings. The highest BCUT2D eigenvalue weighted by Crippen LogP contribution is 2.25. The number of halogens is 1. The Bertz CT molecular complexity index is 712. The second-order valence-corrected chi connectivity index (χ2v) is 3.90. The zero-order valence-electron chi connectivity index (χ0n) is 10.0. The van der Waals surface area contributed by atoms with Gasteiger partial charge in [0.05, 0.1) is 29.3 Å². The van der Waals surface area contributed by atoms with Gasteiger partial charge in [-0.05, 0) is 19.1 Å². The summed E-state index contributed by atoms with van der Waals surface area (Å²) in [4.78, 5) is 16.1. The Kier molecular flexibility index (Phi) is 2.75. The molecular weight excluding hydrogens is 247 g/mol. The largest absolute Gasteiger partial charge is 0.443 e. The number of rotatable bonds is 2. The van der Waals surface area contributed by atoms with Crippen LogP contribution in [0.5, 0.6) is 0 Å². The van der Waals surface area contributed by atoms with E-state index >= 15 is 0 Å². The molecule has 0 N–H and O–H groups in total. The van der Waals surface area contributed by atoms with Crippen LogP contribution < -0.4 is 0 Å². The maximum Gasteiger partial charge on any atom is 0.181 e. The molecule has 0 aliphatic carbocycles. The smallest absolute Gasteiger partial charge is 0.181 e. The van der Waals surface area contributed by atoms with Crippen LogP contribution in [0, 0.1) is 12.7 Å². The number of pyridine rings is 1. The standard InChI is InChI=1S/C13H9FN4O/c1-8-16-3-2-11(18-8)12-4-9(10(14)5-17-12)13-6-15-7-19-13/h2-7H,1H3. The first-order valence-electron chi connectivity index (χ1n) is 5.58. The fourth-order valence-corrected chi connectivity index (χ4v) is 1.72. The highest BCUT2D eigenvalue weighted by molar-refractivity contribution is 5.65. The van der Waals surface area contributed by atoms with Crippen LogP contribution in [0.25, 0.3) is 22.7 Å². The van der Waals surface area contributed by atoms with E-state index in [-0.39, 0.29) is 0 Å². The minimum atomic E-state index is -0.466. The summed E-state index contributed by atoms with van der Waals surface area (Å²) in [5.74, 6) is 0.517. The van der Waals surface area contributed by atoms with Gasteiger partial charge >= 0.3 is 0 Å². The number of aryl methyl sites for hydroxylation is 1. The second kappa shape index (κ2) is 4.56. The van der Waals surface area contributed by atoms with Crippen molar-refractivity contribution in [3.05, 3.63) is 48.8 Å². The summed E-state index contributed by atoms with van der Waals surface area (Å²) in [5.41, 5.74) is 1.49. The van der Waals surface area contributed by atoms with E-state index in [1.165, 1.54) is 12.6 Å². The molecule has 5 nitrogen and oxygen atoms in total. The summed E-state index contributed by atoms with van der Waals surface area (Å²) in [6, 6.07) is 3.30. The quantitative estimate of drug-likeness (QED) is 0.705. The van der Waals surface area contributed by atoms with Crippen LogP contribution in [0.4, 0.5) is 4.39 Å². The van der Waals surface area contributed by atoms with Crippen molar-refractivity contribution in [2.24, 2.45) is 0 Å². The van der Waals surface area contributed by atoms with Crippen molar-refractivity contribution in [3.8, 4) is 22.7 Å². The fraction of sp³-hybridized carbons (Fsp3) is 0.0769. The predicted octanol–water partition coefficient (Wildman–Crippen LogP) is 2.64. The molecule has 3 aromatic heterocycles. The van der Waals surface area contributed by atoms with Crippen LogP contribution >= 0.6 is 0 Å². The molecular formula is C13H9FN4O. The normalized spacial score (nSPS) is 10.6. The third kappa shape index (κ3) is 2.20. The van der Waals surface area contributed by atoms with E-state index in [0.29, 0.717) is 28.5 Å². The molecule has 0 saturated heterocycles. The highest BCUT2D eigenvalue weighted by atomic mass is 19.1. The molecule has 3 heterocycles. The number of aromatic nitrogens is 4. The van der Waals surface area contributed by atoms with E-state index in [1.807, 2.05) is 0 Å². The van der Waals surface area contributed by atoms with E-state index < -0.39 is 5.82 Å². The monoisotopic (exact) mass is 256 g/mol. The van der Waals surface area contributed by atoms with E-state index in [1.54, 1.807) is 25.3 Å². The van der Waals surface area contributed by atoms with E-state index in [0.717, 1.165) is 6.20 Å². The lowest BCUT2D eigenvalue weighted by atomic mass is 10.1. The molecule has 0 atom stereocenters. The van der Waals surface area contributed by atoms with Crippen LogP contribution in [-0.4, -0.2) is 19.9 Å². The van der Waals surface area contributed by atoms with Crippen molar-refractivity contribution >= 4 is 0 Å². The first-order chi connectivity index (χ1) is 9.24. The van der Waals surface area contributed by atoms with Crippen LogP contribution in [0.1, 0.15) is 5.82 Å². The molecule has 0 aliphatic rings. The summed E-state index contributed by atoms with van der Waals surface area (Å²) in [6.45, 7) is 1.78. The number of hydrogen-bond donors (Lipinski definition) is 0. The molecule has 3 rings (SSSR count). The number of hydrogen-bond acceptors (Lipinski definition) is 5. The highest BCUT2D eigenvalue weighted by Gasteiger charge is 2.12. The second-order valence-electron chi connectivity index (χ2n) is 3.90. The third-order valence-electron chi connectivity index (χ3n) is 2.59. The van der Waals surface area contributed by atoms with Gasteiger partial charge in [-0.2, -0.15) is 0 Å². The summed E-state index contributed by atoms with van der Waals surface area (Å²) >= 11 is 0. The lowest BCUT2D eigenvalue weighted by molar-refractivity contribution is 0.560. The molecule has 0 unspecified atom stereocenters. The van der Waals surface area contributed by atoms with Crippen molar-refractivity contribution in [1.29, 1.82) is 0 Å². The lowest BCUT2D eigenvalue weighted by Gasteiger charge is -2.04. The summed E-state index contributed by atoms with van der Waals surface area (Å²) in [7, 11) is 0. The van der Waals surface area contributed by atoms with E-state index in [9.17, 15) is 4.39 Å².